The molecule has 2 N–H and O–H groups in total. The highest BCUT2D eigenvalue weighted by atomic mass is 16.3. The van der Waals surface area contributed by atoms with Crippen molar-refractivity contribution in [3.63, 3.8) is 0 Å². The first kappa shape index (κ1) is 18.5. The maximum atomic E-state index is 12.4. The molecule has 2 amide bonds. The normalized spacial score (nSPS) is 17.5. The van der Waals surface area contributed by atoms with Crippen molar-refractivity contribution in [2.24, 2.45) is 5.92 Å². The van der Waals surface area contributed by atoms with Gasteiger partial charge in [0.15, 0.2) is 0 Å². The highest BCUT2D eigenvalue weighted by Crippen LogP contribution is 2.29. The molecule has 0 radical (unpaired) electrons. The number of aliphatic hydroxyl groups is 1. The van der Waals surface area contributed by atoms with Crippen molar-refractivity contribution in [1.82, 2.24) is 4.90 Å². The van der Waals surface area contributed by atoms with E-state index in [0.717, 1.165) is 18.4 Å². The third kappa shape index (κ3) is 4.35. The fourth-order valence-electron chi connectivity index (χ4n) is 3.15. The summed E-state index contributed by atoms with van der Waals surface area (Å²) in [6.07, 6.45) is 1.10. The lowest BCUT2D eigenvalue weighted by Gasteiger charge is -2.33. The number of aliphatic hydroxyl groups excluding tert-OH is 1. The first-order valence-corrected chi connectivity index (χ1v) is 8.58. The van der Waals surface area contributed by atoms with Crippen LogP contribution in [-0.4, -0.2) is 41.0 Å². The number of para-hydroxylation sites is 1. The second-order valence-electron chi connectivity index (χ2n) is 7.62. The molecule has 0 aliphatic carbocycles. The number of benzene rings is 1. The number of carbonyl (C=O) groups excluding carboxylic acids is 2. The van der Waals surface area contributed by atoms with E-state index in [-0.39, 0.29) is 17.4 Å². The molecule has 2 rings (SSSR count). The molecule has 1 fully saturated rings. The van der Waals surface area contributed by atoms with Crippen molar-refractivity contribution in [3.05, 3.63) is 29.8 Å². The van der Waals surface area contributed by atoms with E-state index in [1.165, 1.54) is 0 Å². The van der Waals surface area contributed by atoms with E-state index in [9.17, 15) is 14.7 Å². The third-order valence-electron chi connectivity index (χ3n) is 4.69. The van der Waals surface area contributed by atoms with Crippen LogP contribution < -0.4 is 5.32 Å². The average Bonchev–Trinajstić information content (AvgIpc) is 2.53. The number of hydrogen-bond acceptors (Lipinski definition) is 3. The summed E-state index contributed by atoms with van der Waals surface area (Å²) in [5.74, 6) is -0.885. The zero-order valence-electron chi connectivity index (χ0n) is 15.0. The Morgan fingerprint density at radius 3 is 2.33 bits per heavy atom. The molecule has 0 spiro atoms. The Hall–Kier alpha value is -1.88. The van der Waals surface area contributed by atoms with Crippen molar-refractivity contribution < 1.29 is 14.7 Å². The standard InChI is InChI=1S/C19H28N2O3/c1-13(22)14-9-11-21(12-10-14)18(24)17(23)20-16-8-6-5-7-15(16)19(2,3)4/h5-8,13-14,22H,9-12H2,1-4H3,(H,20,23). The van der Waals surface area contributed by atoms with Crippen molar-refractivity contribution in [3.8, 4) is 0 Å². The summed E-state index contributed by atoms with van der Waals surface area (Å²) in [6, 6.07) is 7.57. The van der Waals surface area contributed by atoms with Crippen LogP contribution in [0, 0.1) is 5.92 Å². The van der Waals surface area contributed by atoms with Crippen molar-refractivity contribution in [2.45, 2.75) is 52.1 Å². The number of nitrogens with zero attached hydrogens (tertiary/aromatic N) is 1. The second kappa shape index (κ2) is 7.34. The van der Waals surface area contributed by atoms with Gasteiger partial charge in [0.05, 0.1) is 6.10 Å². The van der Waals surface area contributed by atoms with Crippen LogP contribution in [-0.2, 0) is 15.0 Å². The second-order valence-corrected chi connectivity index (χ2v) is 7.62. The smallest absolute Gasteiger partial charge is 0.313 e. The molecule has 5 heteroatoms. The molecule has 1 heterocycles. The molecular formula is C19H28N2O3. The number of rotatable bonds is 2. The molecule has 1 aromatic rings. The Kier molecular flexibility index (Phi) is 5.65. The molecule has 5 nitrogen and oxygen atoms in total. The number of hydrogen-bond donors (Lipinski definition) is 2. The molecule has 1 aromatic carbocycles. The Balaban J connectivity index is 2.02. The first-order chi connectivity index (χ1) is 11.2. The lowest BCUT2D eigenvalue weighted by molar-refractivity contribution is -0.144. The van der Waals surface area contributed by atoms with Crippen LogP contribution in [0.5, 0.6) is 0 Å². The van der Waals surface area contributed by atoms with Gasteiger partial charge in [0.25, 0.3) is 0 Å². The summed E-state index contributed by atoms with van der Waals surface area (Å²) in [6.45, 7) is 9.02. The van der Waals surface area contributed by atoms with Gasteiger partial charge >= 0.3 is 11.8 Å². The Bertz CT molecular complexity index is 597. The van der Waals surface area contributed by atoms with Crippen LogP contribution >= 0.6 is 0 Å². The quantitative estimate of drug-likeness (QED) is 0.818. The molecule has 1 aliphatic heterocycles. The van der Waals surface area contributed by atoms with E-state index < -0.39 is 11.8 Å². The molecule has 0 aromatic heterocycles. The number of amides is 2. The molecule has 1 aliphatic rings. The predicted octanol–water partition coefficient (Wildman–Crippen LogP) is 2.54. The molecule has 1 saturated heterocycles. The van der Waals surface area contributed by atoms with Crippen LogP contribution in [0.25, 0.3) is 0 Å². The number of nitrogens with one attached hydrogen (secondary N) is 1. The fraction of sp³-hybridized carbons (Fsp3) is 0.579. The summed E-state index contributed by atoms with van der Waals surface area (Å²) in [7, 11) is 0. The van der Waals surface area contributed by atoms with E-state index in [1.54, 1.807) is 11.8 Å². The summed E-state index contributed by atoms with van der Waals surface area (Å²) < 4.78 is 0. The monoisotopic (exact) mass is 332 g/mol. The van der Waals surface area contributed by atoms with Gasteiger partial charge in [-0.05, 0) is 42.7 Å². The van der Waals surface area contributed by atoms with Gasteiger partial charge in [-0.1, -0.05) is 39.0 Å². The zero-order chi connectivity index (χ0) is 17.9. The zero-order valence-corrected chi connectivity index (χ0v) is 15.0. The van der Waals surface area contributed by atoms with Crippen LogP contribution in [0.15, 0.2) is 24.3 Å². The summed E-state index contributed by atoms with van der Waals surface area (Å²) >= 11 is 0. The Morgan fingerprint density at radius 2 is 1.79 bits per heavy atom. The molecule has 0 bridgehead atoms. The Morgan fingerprint density at radius 1 is 1.21 bits per heavy atom. The average molecular weight is 332 g/mol. The van der Waals surface area contributed by atoms with Crippen LogP contribution in [0.2, 0.25) is 0 Å². The first-order valence-electron chi connectivity index (χ1n) is 8.58. The molecule has 1 unspecified atom stereocenters. The molecule has 24 heavy (non-hydrogen) atoms. The van der Waals surface area contributed by atoms with Gasteiger partial charge in [-0.15, -0.1) is 0 Å². The highest BCUT2D eigenvalue weighted by molar-refractivity contribution is 6.39. The van der Waals surface area contributed by atoms with Gasteiger partial charge in [-0.2, -0.15) is 0 Å². The Labute approximate surface area is 144 Å². The van der Waals surface area contributed by atoms with E-state index in [2.05, 4.69) is 26.1 Å². The minimum absolute atomic E-state index is 0.122. The largest absolute Gasteiger partial charge is 0.393 e. The maximum absolute atomic E-state index is 12.4. The van der Waals surface area contributed by atoms with Crippen LogP contribution in [0.3, 0.4) is 0 Å². The van der Waals surface area contributed by atoms with E-state index >= 15 is 0 Å². The van der Waals surface area contributed by atoms with Crippen molar-refractivity contribution in [1.29, 1.82) is 0 Å². The van der Waals surface area contributed by atoms with Crippen LogP contribution in [0.4, 0.5) is 5.69 Å². The lowest BCUT2D eigenvalue weighted by atomic mass is 9.86. The van der Waals surface area contributed by atoms with Gasteiger partial charge < -0.3 is 15.3 Å². The van der Waals surface area contributed by atoms with Gasteiger partial charge in [0.1, 0.15) is 0 Å². The number of likely N-dealkylation sites (tertiary alicyclic amines) is 1. The van der Waals surface area contributed by atoms with Gasteiger partial charge in [0, 0.05) is 18.8 Å². The van der Waals surface area contributed by atoms with Crippen LogP contribution in [0.1, 0.15) is 46.1 Å². The topological polar surface area (TPSA) is 69.6 Å². The van der Waals surface area contributed by atoms with Crippen molar-refractivity contribution >= 4 is 17.5 Å². The molecule has 0 saturated carbocycles. The number of anilines is 1. The number of piperidine rings is 1. The van der Waals surface area contributed by atoms with E-state index in [1.807, 2.05) is 24.3 Å². The predicted molar refractivity (Wildman–Crippen MR) is 94.8 cm³/mol. The maximum Gasteiger partial charge on any atom is 0.313 e. The fourth-order valence-corrected chi connectivity index (χ4v) is 3.15. The van der Waals surface area contributed by atoms with Crippen molar-refractivity contribution in [2.75, 3.05) is 18.4 Å². The number of carbonyl (C=O) groups is 2. The molecule has 1 atom stereocenters. The minimum Gasteiger partial charge on any atom is -0.393 e. The van der Waals surface area contributed by atoms with E-state index in [0.29, 0.717) is 18.8 Å². The summed E-state index contributed by atoms with van der Waals surface area (Å²) in [4.78, 5) is 26.3. The highest BCUT2D eigenvalue weighted by Gasteiger charge is 2.29. The SMILES string of the molecule is CC(O)C1CCN(C(=O)C(=O)Nc2ccccc2C(C)(C)C)CC1. The summed E-state index contributed by atoms with van der Waals surface area (Å²) in [5, 5.41) is 12.4. The van der Waals surface area contributed by atoms with Gasteiger partial charge in [-0.3, -0.25) is 9.59 Å². The van der Waals surface area contributed by atoms with E-state index in [4.69, 9.17) is 0 Å². The molecule has 132 valence electrons. The lowest BCUT2D eigenvalue weighted by Crippen LogP contribution is -2.45. The summed E-state index contributed by atoms with van der Waals surface area (Å²) in [5.41, 5.74) is 1.56. The third-order valence-corrected chi connectivity index (χ3v) is 4.69. The minimum atomic E-state index is -0.595. The molecular weight excluding hydrogens is 304 g/mol. The van der Waals surface area contributed by atoms with Gasteiger partial charge in [0.2, 0.25) is 0 Å². The van der Waals surface area contributed by atoms with Gasteiger partial charge in [-0.25, -0.2) is 0 Å².